The molecule has 0 N–H and O–H groups in total. The van der Waals surface area contributed by atoms with E-state index in [-0.39, 0.29) is 36.4 Å². The molecule has 1 aromatic carbocycles. The maximum atomic E-state index is 13.7. The number of unbranched alkanes of at least 4 members (excludes halogenated alkanes) is 1. The average Bonchev–Trinajstić information content (AvgIpc) is 2.71. The lowest BCUT2D eigenvalue weighted by Crippen LogP contribution is -2.26. The fourth-order valence-corrected chi connectivity index (χ4v) is 3.15. The van der Waals surface area contributed by atoms with Crippen molar-refractivity contribution in [2.75, 3.05) is 26.7 Å². The first-order chi connectivity index (χ1) is 14.4. The van der Waals surface area contributed by atoms with Crippen molar-refractivity contribution < 1.29 is 23.5 Å². The van der Waals surface area contributed by atoms with E-state index in [1.807, 2.05) is 4.90 Å². The molecule has 0 heterocycles. The molecule has 6 heteroatoms. The Morgan fingerprint density at radius 2 is 1.77 bits per heavy atom. The molecule has 0 radical (unpaired) electrons. The Kier molecular flexibility index (Phi) is 11.8. The molecule has 5 nitrogen and oxygen atoms in total. The molecule has 0 aliphatic carbocycles. The second-order valence-corrected chi connectivity index (χ2v) is 7.06. The molecule has 0 amide bonds. The highest BCUT2D eigenvalue weighted by Crippen LogP contribution is 2.17. The lowest BCUT2D eigenvalue weighted by atomic mass is 9.93. The van der Waals surface area contributed by atoms with Crippen molar-refractivity contribution >= 4 is 17.5 Å². The SMILES string of the molecule is C#CCN(CC#C)CCCC[C@H](CC(=O)CC(=O)Cc1ccccc1F)C(=O)OC. The van der Waals surface area contributed by atoms with Gasteiger partial charge in [0.25, 0.3) is 0 Å². The summed E-state index contributed by atoms with van der Waals surface area (Å²) in [5, 5.41) is 0. The molecule has 0 saturated carbocycles. The van der Waals surface area contributed by atoms with Crippen LogP contribution in [0.15, 0.2) is 24.3 Å². The molecule has 0 aliphatic heterocycles. The summed E-state index contributed by atoms with van der Waals surface area (Å²) < 4.78 is 18.4. The number of hydrogen-bond acceptors (Lipinski definition) is 5. The van der Waals surface area contributed by atoms with E-state index in [9.17, 15) is 18.8 Å². The molecule has 1 atom stereocenters. The zero-order valence-corrected chi connectivity index (χ0v) is 17.4. The minimum absolute atomic E-state index is 0.0753. The van der Waals surface area contributed by atoms with Crippen molar-refractivity contribution in [3.05, 3.63) is 35.6 Å². The third-order valence-electron chi connectivity index (χ3n) is 4.66. The second-order valence-electron chi connectivity index (χ2n) is 7.06. The van der Waals surface area contributed by atoms with Crippen molar-refractivity contribution in [3.63, 3.8) is 0 Å². The van der Waals surface area contributed by atoms with Gasteiger partial charge in [-0.2, -0.15) is 0 Å². The third kappa shape index (κ3) is 9.49. The van der Waals surface area contributed by atoms with Crippen LogP contribution in [0.25, 0.3) is 0 Å². The normalized spacial score (nSPS) is 11.4. The number of ether oxygens (including phenoxy) is 1. The predicted molar refractivity (Wildman–Crippen MR) is 113 cm³/mol. The van der Waals surface area contributed by atoms with Crippen molar-refractivity contribution in [1.82, 2.24) is 4.90 Å². The highest BCUT2D eigenvalue weighted by atomic mass is 19.1. The number of ketones is 2. The smallest absolute Gasteiger partial charge is 0.309 e. The van der Waals surface area contributed by atoms with Crippen molar-refractivity contribution in [3.8, 4) is 24.7 Å². The van der Waals surface area contributed by atoms with Crippen LogP contribution in [0.2, 0.25) is 0 Å². The average molecular weight is 413 g/mol. The predicted octanol–water partition coefficient (Wildman–Crippen LogP) is 2.81. The monoisotopic (exact) mass is 413 g/mol. The minimum atomic E-state index is -0.613. The van der Waals surface area contributed by atoms with Crippen LogP contribution >= 0.6 is 0 Å². The molecule has 0 saturated heterocycles. The fraction of sp³-hybridized carbons (Fsp3) is 0.458. The Morgan fingerprint density at radius 1 is 1.10 bits per heavy atom. The summed E-state index contributed by atoms with van der Waals surface area (Å²) in [4.78, 5) is 38.4. The quantitative estimate of drug-likeness (QED) is 0.203. The van der Waals surface area contributed by atoms with Crippen LogP contribution in [0.5, 0.6) is 0 Å². The number of carbonyl (C=O) groups is 3. The molecule has 0 aliphatic rings. The van der Waals surface area contributed by atoms with E-state index in [0.29, 0.717) is 32.5 Å². The zero-order chi connectivity index (χ0) is 22.4. The maximum Gasteiger partial charge on any atom is 0.309 e. The number of terminal acetylenes is 2. The Balaban J connectivity index is 2.51. The molecule has 160 valence electrons. The van der Waals surface area contributed by atoms with E-state index in [2.05, 4.69) is 11.8 Å². The number of nitrogens with zero attached hydrogens (tertiary/aromatic N) is 1. The molecule has 0 spiro atoms. The molecule has 0 bridgehead atoms. The van der Waals surface area contributed by atoms with Crippen molar-refractivity contribution in [2.24, 2.45) is 5.92 Å². The fourth-order valence-electron chi connectivity index (χ4n) is 3.15. The molecular weight excluding hydrogens is 385 g/mol. The Hall–Kier alpha value is -2.96. The van der Waals surface area contributed by atoms with E-state index in [4.69, 9.17) is 17.6 Å². The minimum Gasteiger partial charge on any atom is -0.469 e. The van der Waals surface area contributed by atoms with Gasteiger partial charge in [0.05, 0.1) is 32.5 Å². The number of benzene rings is 1. The maximum absolute atomic E-state index is 13.7. The van der Waals surface area contributed by atoms with Gasteiger partial charge in [0.15, 0.2) is 0 Å². The Bertz CT molecular complexity index is 790. The lowest BCUT2D eigenvalue weighted by molar-refractivity contribution is -0.147. The standard InChI is InChI=1S/C24H28FNO4/c1-4-13-26(14-5-2)15-9-8-11-20(24(29)30-3)17-22(28)18-21(27)16-19-10-6-7-12-23(19)25/h1-2,6-7,10,12,20H,8-9,11,13-18H2,3H3/t20-/m1/s1. The molecule has 1 aromatic rings. The third-order valence-corrected chi connectivity index (χ3v) is 4.66. The van der Waals surface area contributed by atoms with Crippen molar-refractivity contribution in [1.29, 1.82) is 0 Å². The number of methoxy groups -OCH3 is 1. The first kappa shape index (κ1) is 25.1. The Labute approximate surface area is 178 Å². The first-order valence-corrected chi connectivity index (χ1v) is 9.85. The van der Waals surface area contributed by atoms with Gasteiger partial charge < -0.3 is 4.74 Å². The highest BCUT2D eigenvalue weighted by molar-refractivity contribution is 6.00. The second kappa shape index (κ2) is 14.1. The molecule has 0 aromatic heterocycles. The van der Waals surface area contributed by atoms with Gasteiger partial charge in [0.2, 0.25) is 0 Å². The van der Waals surface area contributed by atoms with Gasteiger partial charge in [-0.05, 0) is 24.5 Å². The summed E-state index contributed by atoms with van der Waals surface area (Å²) in [6.07, 6.45) is 12.0. The number of esters is 1. The van der Waals surface area contributed by atoms with Gasteiger partial charge in [0, 0.05) is 19.4 Å². The van der Waals surface area contributed by atoms with Crippen LogP contribution in [0.1, 0.15) is 37.7 Å². The lowest BCUT2D eigenvalue weighted by Gasteiger charge is -2.18. The van der Waals surface area contributed by atoms with E-state index in [1.54, 1.807) is 6.07 Å². The summed E-state index contributed by atoms with van der Waals surface area (Å²) in [6.45, 7) is 1.60. The zero-order valence-electron chi connectivity index (χ0n) is 17.4. The number of hydrogen-bond donors (Lipinski definition) is 0. The topological polar surface area (TPSA) is 63.7 Å². The summed E-state index contributed by atoms with van der Waals surface area (Å²) in [6, 6.07) is 5.95. The van der Waals surface area contributed by atoms with Gasteiger partial charge in [-0.15, -0.1) is 12.8 Å². The van der Waals surface area contributed by atoms with E-state index >= 15 is 0 Å². The van der Waals surface area contributed by atoms with Crippen LogP contribution in [0.3, 0.4) is 0 Å². The van der Waals surface area contributed by atoms with Crippen LogP contribution in [0, 0.1) is 36.4 Å². The Morgan fingerprint density at radius 3 is 2.37 bits per heavy atom. The van der Waals surface area contributed by atoms with Crippen LogP contribution in [-0.4, -0.2) is 49.2 Å². The molecular formula is C24H28FNO4. The van der Waals surface area contributed by atoms with Crippen LogP contribution in [-0.2, 0) is 25.5 Å². The molecule has 1 rings (SSSR count). The molecule has 30 heavy (non-hydrogen) atoms. The molecule has 0 unspecified atom stereocenters. The summed E-state index contributed by atoms with van der Waals surface area (Å²) in [7, 11) is 1.27. The first-order valence-electron chi connectivity index (χ1n) is 9.85. The van der Waals surface area contributed by atoms with Gasteiger partial charge >= 0.3 is 5.97 Å². The van der Waals surface area contributed by atoms with E-state index < -0.39 is 17.7 Å². The van der Waals surface area contributed by atoms with Gasteiger partial charge in [-0.3, -0.25) is 19.3 Å². The van der Waals surface area contributed by atoms with Crippen LogP contribution < -0.4 is 0 Å². The summed E-state index contributed by atoms with van der Waals surface area (Å²) >= 11 is 0. The van der Waals surface area contributed by atoms with E-state index in [1.165, 1.54) is 25.3 Å². The van der Waals surface area contributed by atoms with E-state index in [0.717, 1.165) is 6.42 Å². The summed E-state index contributed by atoms with van der Waals surface area (Å²) in [5.74, 6) is 2.80. The van der Waals surface area contributed by atoms with Gasteiger partial charge in [-0.1, -0.05) is 36.5 Å². The molecule has 0 fully saturated rings. The van der Waals surface area contributed by atoms with Crippen molar-refractivity contribution in [2.45, 2.75) is 38.5 Å². The number of Topliss-reactive ketones (excluding diaryl/α,β-unsaturated/α-hetero) is 2. The number of rotatable bonds is 14. The van der Waals surface area contributed by atoms with Gasteiger partial charge in [0.1, 0.15) is 17.4 Å². The van der Waals surface area contributed by atoms with Crippen LogP contribution in [0.4, 0.5) is 4.39 Å². The summed E-state index contributed by atoms with van der Waals surface area (Å²) in [5.41, 5.74) is 0.253. The van der Waals surface area contributed by atoms with Gasteiger partial charge in [-0.25, -0.2) is 4.39 Å². The highest BCUT2D eigenvalue weighted by Gasteiger charge is 2.23. The number of carbonyl (C=O) groups excluding carboxylic acids is 3. The largest absolute Gasteiger partial charge is 0.469 e. The number of halogens is 1.